The van der Waals surface area contributed by atoms with Crippen LogP contribution in [0.2, 0.25) is 0 Å². The van der Waals surface area contributed by atoms with Crippen LogP contribution < -0.4 is 15.8 Å². The monoisotopic (exact) mass is 267 g/mol. The van der Waals surface area contributed by atoms with Crippen LogP contribution in [0.15, 0.2) is 18.3 Å². The van der Waals surface area contributed by atoms with Gasteiger partial charge >= 0.3 is 6.09 Å². The van der Waals surface area contributed by atoms with Gasteiger partial charge in [-0.3, -0.25) is 9.78 Å². The summed E-state index contributed by atoms with van der Waals surface area (Å²) >= 11 is 0. The fraction of sp³-hybridized carbons (Fsp3) is 0.417. The number of aromatic nitrogens is 1. The molecule has 0 aliphatic heterocycles. The van der Waals surface area contributed by atoms with Gasteiger partial charge in [0.1, 0.15) is 11.4 Å². The molecule has 0 aromatic carbocycles. The van der Waals surface area contributed by atoms with Gasteiger partial charge in [0, 0.05) is 6.20 Å². The Morgan fingerprint density at radius 3 is 2.74 bits per heavy atom. The first-order valence-corrected chi connectivity index (χ1v) is 5.61. The van der Waals surface area contributed by atoms with Crippen LogP contribution in [0.4, 0.5) is 4.79 Å². The third kappa shape index (κ3) is 4.13. The topological polar surface area (TPSA) is 104 Å². The van der Waals surface area contributed by atoms with Crippen LogP contribution in [0, 0.1) is 0 Å². The maximum atomic E-state index is 11.9. The summed E-state index contributed by atoms with van der Waals surface area (Å²) in [5, 5.41) is 2.61. The molecule has 0 radical (unpaired) electrons. The fourth-order valence-corrected chi connectivity index (χ4v) is 1.42. The second kappa shape index (κ2) is 6.03. The van der Waals surface area contributed by atoms with Gasteiger partial charge in [-0.05, 0) is 26.0 Å². The standard InChI is InChI=1S/C12H17N3O4/c1-12(2,19-11(13)17)10(16)15-7-8-9(18-3)5-4-6-14-8/h4-6H,7H2,1-3H3,(H2,13,17)(H,15,16). The van der Waals surface area contributed by atoms with Gasteiger partial charge in [0.2, 0.25) is 0 Å². The summed E-state index contributed by atoms with van der Waals surface area (Å²) in [7, 11) is 1.52. The number of carbonyl (C=O) groups is 2. The number of carbonyl (C=O) groups excluding carboxylic acids is 2. The number of pyridine rings is 1. The van der Waals surface area contributed by atoms with E-state index in [1.54, 1.807) is 18.3 Å². The number of ether oxygens (including phenoxy) is 2. The van der Waals surface area contributed by atoms with Crippen molar-refractivity contribution in [1.29, 1.82) is 0 Å². The molecule has 2 amide bonds. The van der Waals surface area contributed by atoms with Gasteiger partial charge in [-0.25, -0.2) is 4.79 Å². The number of nitrogens with one attached hydrogen (secondary N) is 1. The third-order valence-corrected chi connectivity index (χ3v) is 2.39. The molecule has 7 heteroatoms. The fourth-order valence-electron chi connectivity index (χ4n) is 1.42. The molecular formula is C12H17N3O4. The van der Waals surface area contributed by atoms with Crippen molar-refractivity contribution in [3.05, 3.63) is 24.0 Å². The van der Waals surface area contributed by atoms with E-state index in [1.807, 2.05) is 0 Å². The van der Waals surface area contributed by atoms with Gasteiger partial charge in [-0.2, -0.15) is 0 Å². The minimum absolute atomic E-state index is 0.161. The molecule has 0 fully saturated rings. The number of methoxy groups -OCH3 is 1. The lowest BCUT2D eigenvalue weighted by Crippen LogP contribution is -2.46. The van der Waals surface area contributed by atoms with Crippen molar-refractivity contribution in [3.63, 3.8) is 0 Å². The van der Waals surface area contributed by atoms with Crippen molar-refractivity contribution in [2.75, 3.05) is 7.11 Å². The van der Waals surface area contributed by atoms with Crippen LogP contribution in [-0.2, 0) is 16.1 Å². The third-order valence-electron chi connectivity index (χ3n) is 2.39. The summed E-state index contributed by atoms with van der Waals surface area (Å²) in [6, 6.07) is 3.46. The largest absolute Gasteiger partial charge is 0.495 e. The van der Waals surface area contributed by atoms with Crippen molar-refractivity contribution in [2.45, 2.75) is 26.0 Å². The number of amides is 2. The van der Waals surface area contributed by atoms with Gasteiger partial charge < -0.3 is 20.5 Å². The quantitative estimate of drug-likeness (QED) is 0.812. The van der Waals surface area contributed by atoms with Gasteiger partial charge in [-0.15, -0.1) is 0 Å². The molecule has 1 aromatic heterocycles. The molecule has 3 N–H and O–H groups in total. The maximum absolute atomic E-state index is 11.9. The minimum Gasteiger partial charge on any atom is -0.495 e. The van der Waals surface area contributed by atoms with Crippen molar-refractivity contribution < 1.29 is 19.1 Å². The number of rotatable bonds is 5. The highest BCUT2D eigenvalue weighted by Crippen LogP contribution is 2.15. The molecule has 0 bridgehead atoms. The number of nitrogens with two attached hydrogens (primary N) is 1. The average molecular weight is 267 g/mol. The summed E-state index contributed by atoms with van der Waals surface area (Å²) in [4.78, 5) is 26.6. The van der Waals surface area contributed by atoms with Crippen LogP contribution in [0.3, 0.4) is 0 Å². The lowest BCUT2D eigenvalue weighted by Gasteiger charge is -2.22. The van der Waals surface area contributed by atoms with Crippen molar-refractivity contribution >= 4 is 12.0 Å². The highest BCUT2D eigenvalue weighted by Gasteiger charge is 2.31. The summed E-state index contributed by atoms with van der Waals surface area (Å²) in [6.45, 7) is 3.06. The Morgan fingerprint density at radius 1 is 1.47 bits per heavy atom. The molecule has 0 aliphatic carbocycles. The normalized spacial score (nSPS) is 10.7. The zero-order chi connectivity index (χ0) is 14.5. The van der Waals surface area contributed by atoms with Crippen LogP contribution in [-0.4, -0.2) is 29.7 Å². The smallest absolute Gasteiger partial charge is 0.405 e. The average Bonchev–Trinajstić information content (AvgIpc) is 2.34. The van der Waals surface area contributed by atoms with Crippen molar-refractivity contribution in [2.24, 2.45) is 5.73 Å². The molecule has 0 saturated heterocycles. The molecule has 0 spiro atoms. The van der Waals surface area contributed by atoms with E-state index >= 15 is 0 Å². The Balaban J connectivity index is 2.66. The number of hydrogen-bond donors (Lipinski definition) is 2. The molecule has 104 valence electrons. The second-order valence-corrected chi connectivity index (χ2v) is 4.27. The zero-order valence-electron chi connectivity index (χ0n) is 11.1. The summed E-state index contributed by atoms with van der Waals surface area (Å²) in [6.07, 6.45) is 0.588. The van der Waals surface area contributed by atoms with Gasteiger partial charge in [-0.1, -0.05) is 0 Å². The molecule has 1 aromatic rings. The Morgan fingerprint density at radius 2 is 2.16 bits per heavy atom. The van der Waals surface area contributed by atoms with Crippen LogP contribution in [0.25, 0.3) is 0 Å². The highest BCUT2D eigenvalue weighted by atomic mass is 16.6. The van der Waals surface area contributed by atoms with E-state index in [2.05, 4.69) is 10.3 Å². The van der Waals surface area contributed by atoms with Crippen molar-refractivity contribution in [1.82, 2.24) is 10.3 Å². The number of hydrogen-bond acceptors (Lipinski definition) is 5. The van der Waals surface area contributed by atoms with Gasteiger partial charge in [0.25, 0.3) is 5.91 Å². The first kappa shape index (κ1) is 14.7. The lowest BCUT2D eigenvalue weighted by molar-refractivity contribution is -0.136. The highest BCUT2D eigenvalue weighted by molar-refractivity contribution is 5.86. The van der Waals surface area contributed by atoms with E-state index in [0.29, 0.717) is 11.4 Å². The maximum Gasteiger partial charge on any atom is 0.405 e. The van der Waals surface area contributed by atoms with Crippen LogP contribution in [0.1, 0.15) is 19.5 Å². The summed E-state index contributed by atoms with van der Waals surface area (Å²) in [5.74, 6) is 0.0930. The van der Waals surface area contributed by atoms with E-state index < -0.39 is 17.6 Å². The molecule has 0 atom stereocenters. The Labute approximate surface area is 111 Å². The lowest BCUT2D eigenvalue weighted by atomic mass is 10.1. The molecule has 0 saturated carbocycles. The number of nitrogens with zero attached hydrogens (tertiary/aromatic N) is 1. The van der Waals surface area contributed by atoms with E-state index in [1.165, 1.54) is 21.0 Å². The van der Waals surface area contributed by atoms with Gasteiger partial charge in [0.15, 0.2) is 5.60 Å². The SMILES string of the molecule is COc1cccnc1CNC(=O)C(C)(C)OC(N)=O. The first-order chi connectivity index (χ1) is 8.86. The first-order valence-electron chi connectivity index (χ1n) is 5.61. The molecular weight excluding hydrogens is 250 g/mol. The number of primary amides is 1. The minimum atomic E-state index is -1.34. The Kier molecular flexibility index (Phi) is 4.68. The molecule has 1 heterocycles. The van der Waals surface area contributed by atoms with E-state index in [9.17, 15) is 9.59 Å². The van der Waals surface area contributed by atoms with Crippen LogP contribution >= 0.6 is 0 Å². The molecule has 0 aliphatic rings. The van der Waals surface area contributed by atoms with E-state index in [4.69, 9.17) is 15.2 Å². The Hall–Kier alpha value is -2.31. The molecule has 19 heavy (non-hydrogen) atoms. The van der Waals surface area contributed by atoms with E-state index in [0.717, 1.165) is 0 Å². The summed E-state index contributed by atoms with van der Waals surface area (Å²) in [5.41, 5.74) is 4.13. The van der Waals surface area contributed by atoms with Crippen molar-refractivity contribution in [3.8, 4) is 5.75 Å². The summed E-state index contributed by atoms with van der Waals surface area (Å²) < 4.78 is 9.83. The molecule has 0 unspecified atom stereocenters. The predicted octanol–water partition coefficient (Wildman–Crippen LogP) is 0.580. The van der Waals surface area contributed by atoms with Crippen LogP contribution in [0.5, 0.6) is 5.75 Å². The Bertz CT molecular complexity index is 474. The molecule has 1 rings (SSSR count). The molecule has 7 nitrogen and oxygen atoms in total. The zero-order valence-corrected chi connectivity index (χ0v) is 11.1. The second-order valence-electron chi connectivity index (χ2n) is 4.27. The van der Waals surface area contributed by atoms with E-state index in [-0.39, 0.29) is 6.54 Å². The van der Waals surface area contributed by atoms with Gasteiger partial charge in [0.05, 0.1) is 13.7 Å². The predicted molar refractivity (Wildman–Crippen MR) is 67.4 cm³/mol.